The van der Waals surface area contributed by atoms with Crippen LogP contribution < -0.4 is 11.1 Å². The fourth-order valence-electron chi connectivity index (χ4n) is 1.65. The Balaban J connectivity index is 2.08. The molecule has 2 aromatic carbocycles. The minimum Gasteiger partial charge on any atom is -0.398 e. The lowest BCUT2D eigenvalue weighted by molar-refractivity contribution is 0.0952. The molecule has 0 aliphatic rings. The van der Waals surface area contributed by atoms with E-state index in [2.05, 4.69) is 21.2 Å². The number of nitrogen functional groups attached to an aromatic ring is 1. The number of carbonyl (C=O) groups excluding carboxylic acids is 1. The van der Waals surface area contributed by atoms with Crippen molar-refractivity contribution in [1.29, 1.82) is 0 Å². The van der Waals surface area contributed by atoms with Gasteiger partial charge in [0, 0.05) is 21.7 Å². The second kappa shape index (κ2) is 6.08. The number of rotatable bonds is 3. The van der Waals surface area contributed by atoms with E-state index >= 15 is 0 Å². The number of hydrogen-bond acceptors (Lipinski definition) is 2. The topological polar surface area (TPSA) is 55.1 Å². The molecular weight excluding hydrogens is 328 g/mol. The van der Waals surface area contributed by atoms with Crippen LogP contribution in [0.15, 0.2) is 46.9 Å². The lowest BCUT2D eigenvalue weighted by Gasteiger charge is -2.09. The summed E-state index contributed by atoms with van der Waals surface area (Å²) < 4.78 is 0.958. The highest BCUT2D eigenvalue weighted by atomic mass is 79.9. The smallest absolute Gasteiger partial charge is 0.253 e. The zero-order valence-corrected chi connectivity index (χ0v) is 12.3. The van der Waals surface area contributed by atoms with Gasteiger partial charge in [-0.15, -0.1) is 0 Å². The molecule has 0 heterocycles. The molecule has 5 heteroatoms. The Morgan fingerprint density at radius 1 is 1.26 bits per heavy atom. The summed E-state index contributed by atoms with van der Waals surface area (Å²) in [7, 11) is 0. The van der Waals surface area contributed by atoms with Gasteiger partial charge in [0.15, 0.2) is 0 Å². The van der Waals surface area contributed by atoms with Gasteiger partial charge in [-0.05, 0) is 29.8 Å². The Hall–Kier alpha value is -1.52. The van der Waals surface area contributed by atoms with Gasteiger partial charge in [0.1, 0.15) is 0 Å². The number of halogens is 2. The van der Waals surface area contributed by atoms with Crippen LogP contribution >= 0.6 is 27.5 Å². The summed E-state index contributed by atoms with van der Waals surface area (Å²) in [5.41, 5.74) is 7.57. The molecule has 0 aromatic heterocycles. The third-order valence-electron chi connectivity index (χ3n) is 2.66. The van der Waals surface area contributed by atoms with E-state index in [1.165, 1.54) is 0 Å². The highest BCUT2D eigenvalue weighted by Crippen LogP contribution is 2.19. The maximum atomic E-state index is 12.0. The van der Waals surface area contributed by atoms with Crippen LogP contribution in [0.3, 0.4) is 0 Å². The van der Waals surface area contributed by atoms with Crippen molar-refractivity contribution in [2.24, 2.45) is 0 Å². The third kappa shape index (κ3) is 3.49. The van der Waals surface area contributed by atoms with Crippen molar-refractivity contribution in [3.8, 4) is 0 Å². The van der Waals surface area contributed by atoms with Crippen LogP contribution in [0.5, 0.6) is 0 Å². The summed E-state index contributed by atoms with van der Waals surface area (Å²) in [4.78, 5) is 12.0. The standard InChI is InChI=1S/C14H12BrClN2O/c15-12-4-2-1-3-9(12)8-18-14(19)11-6-5-10(16)7-13(11)17/h1-7H,8,17H2,(H,18,19). The van der Waals surface area contributed by atoms with Gasteiger partial charge in [-0.25, -0.2) is 0 Å². The summed E-state index contributed by atoms with van der Waals surface area (Å²) >= 11 is 9.23. The number of hydrogen-bond donors (Lipinski definition) is 2. The average Bonchev–Trinajstić information content (AvgIpc) is 2.37. The highest BCUT2D eigenvalue weighted by Gasteiger charge is 2.10. The molecule has 1 amide bonds. The molecule has 2 rings (SSSR count). The molecule has 0 aliphatic heterocycles. The zero-order valence-electron chi connectivity index (χ0n) is 9.99. The van der Waals surface area contributed by atoms with Crippen molar-refractivity contribution in [3.63, 3.8) is 0 Å². The molecule has 0 saturated heterocycles. The van der Waals surface area contributed by atoms with Crippen LogP contribution in [0.25, 0.3) is 0 Å². The average molecular weight is 340 g/mol. The summed E-state index contributed by atoms with van der Waals surface area (Å²) in [6.07, 6.45) is 0. The number of nitrogens with one attached hydrogen (secondary N) is 1. The molecule has 0 aliphatic carbocycles. The molecular formula is C14H12BrClN2O. The predicted molar refractivity (Wildman–Crippen MR) is 81.2 cm³/mol. The SMILES string of the molecule is Nc1cc(Cl)ccc1C(=O)NCc1ccccc1Br. The summed E-state index contributed by atoms with van der Waals surface area (Å²) in [5, 5.41) is 3.34. The van der Waals surface area contributed by atoms with Crippen LogP contribution in [-0.4, -0.2) is 5.91 Å². The number of benzene rings is 2. The quantitative estimate of drug-likeness (QED) is 0.839. The zero-order chi connectivity index (χ0) is 13.8. The van der Waals surface area contributed by atoms with Crippen molar-refractivity contribution in [3.05, 3.63) is 63.1 Å². The van der Waals surface area contributed by atoms with E-state index in [-0.39, 0.29) is 5.91 Å². The molecule has 0 saturated carbocycles. The van der Waals surface area contributed by atoms with E-state index in [1.54, 1.807) is 18.2 Å². The monoisotopic (exact) mass is 338 g/mol. The van der Waals surface area contributed by atoms with Crippen molar-refractivity contribution in [2.45, 2.75) is 6.54 Å². The Bertz CT molecular complexity index is 616. The van der Waals surface area contributed by atoms with Crippen LogP contribution in [0.1, 0.15) is 15.9 Å². The molecule has 0 bridgehead atoms. The van der Waals surface area contributed by atoms with Crippen LogP contribution in [-0.2, 0) is 6.54 Å². The molecule has 0 unspecified atom stereocenters. The minimum atomic E-state index is -0.218. The van der Waals surface area contributed by atoms with Gasteiger partial charge < -0.3 is 11.1 Å². The van der Waals surface area contributed by atoms with E-state index in [4.69, 9.17) is 17.3 Å². The Morgan fingerprint density at radius 2 is 2.00 bits per heavy atom. The van der Waals surface area contributed by atoms with Crippen molar-refractivity contribution in [2.75, 3.05) is 5.73 Å². The predicted octanol–water partition coefficient (Wildman–Crippen LogP) is 3.61. The second-order valence-electron chi connectivity index (χ2n) is 4.01. The second-order valence-corrected chi connectivity index (χ2v) is 5.30. The number of nitrogens with two attached hydrogens (primary N) is 1. The first kappa shape index (κ1) is 13.9. The molecule has 3 N–H and O–H groups in total. The summed E-state index contributed by atoms with van der Waals surface area (Å²) in [6, 6.07) is 12.5. The van der Waals surface area contributed by atoms with Gasteiger partial charge in [-0.3, -0.25) is 4.79 Å². The van der Waals surface area contributed by atoms with Gasteiger partial charge in [0.2, 0.25) is 0 Å². The number of amides is 1. The summed E-state index contributed by atoms with van der Waals surface area (Å²) in [6.45, 7) is 0.433. The van der Waals surface area contributed by atoms with E-state index in [0.29, 0.717) is 22.8 Å². The maximum absolute atomic E-state index is 12.0. The van der Waals surface area contributed by atoms with E-state index in [0.717, 1.165) is 10.0 Å². The fraction of sp³-hybridized carbons (Fsp3) is 0.0714. The van der Waals surface area contributed by atoms with Crippen LogP contribution in [0.4, 0.5) is 5.69 Å². The minimum absolute atomic E-state index is 0.218. The lowest BCUT2D eigenvalue weighted by atomic mass is 10.1. The Labute approximate surface area is 124 Å². The van der Waals surface area contributed by atoms with E-state index < -0.39 is 0 Å². The Kier molecular flexibility index (Phi) is 4.45. The molecule has 0 atom stereocenters. The van der Waals surface area contributed by atoms with Crippen molar-refractivity contribution >= 4 is 39.1 Å². The van der Waals surface area contributed by atoms with Gasteiger partial charge in [-0.1, -0.05) is 45.7 Å². The molecule has 2 aromatic rings. The number of anilines is 1. The largest absolute Gasteiger partial charge is 0.398 e. The van der Waals surface area contributed by atoms with Gasteiger partial charge in [0.25, 0.3) is 5.91 Å². The van der Waals surface area contributed by atoms with Gasteiger partial charge in [-0.2, -0.15) is 0 Å². The van der Waals surface area contributed by atoms with E-state index in [9.17, 15) is 4.79 Å². The van der Waals surface area contributed by atoms with Gasteiger partial charge >= 0.3 is 0 Å². The van der Waals surface area contributed by atoms with Gasteiger partial charge in [0.05, 0.1) is 5.56 Å². The summed E-state index contributed by atoms with van der Waals surface area (Å²) in [5.74, 6) is -0.218. The lowest BCUT2D eigenvalue weighted by Crippen LogP contribution is -2.23. The fourth-order valence-corrected chi connectivity index (χ4v) is 2.26. The molecule has 3 nitrogen and oxygen atoms in total. The maximum Gasteiger partial charge on any atom is 0.253 e. The van der Waals surface area contributed by atoms with Crippen molar-refractivity contribution < 1.29 is 4.79 Å². The molecule has 0 spiro atoms. The van der Waals surface area contributed by atoms with Crippen molar-refractivity contribution in [1.82, 2.24) is 5.32 Å². The highest BCUT2D eigenvalue weighted by molar-refractivity contribution is 9.10. The first-order valence-corrected chi connectivity index (χ1v) is 6.81. The number of carbonyl (C=O) groups is 1. The molecule has 0 radical (unpaired) electrons. The first-order valence-electron chi connectivity index (χ1n) is 5.64. The normalized spacial score (nSPS) is 10.2. The van der Waals surface area contributed by atoms with Crippen LogP contribution in [0.2, 0.25) is 5.02 Å². The molecule has 0 fully saturated rings. The van der Waals surface area contributed by atoms with Crippen LogP contribution in [0, 0.1) is 0 Å². The van der Waals surface area contributed by atoms with E-state index in [1.807, 2.05) is 24.3 Å². The Morgan fingerprint density at radius 3 is 2.68 bits per heavy atom. The molecule has 19 heavy (non-hydrogen) atoms. The molecule has 98 valence electrons. The third-order valence-corrected chi connectivity index (χ3v) is 3.66. The first-order chi connectivity index (χ1) is 9.08.